The summed E-state index contributed by atoms with van der Waals surface area (Å²) in [7, 11) is 1.37. The number of ether oxygens (including phenoxy) is 1. The molecule has 122 valence electrons. The molecule has 2 rings (SSSR count). The minimum Gasteiger partial charge on any atom is -0.465 e. The summed E-state index contributed by atoms with van der Waals surface area (Å²) in [5.41, 5.74) is 1.33. The number of hydrogen-bond acceptors (Lipinski definition) is 5. The van der Waals surface area contributed by atoms with E-state index < -0.39 is 0 Å². The highest BCUT2D eigenvalue weighted by Crippen LogP contribution is 2.39. The molecule has 1 heterocycles. The number of aryl methyl sites for hydroxylation is 1. The summed E-state index contributed by atoms with van der Waals surface area (Å²) < 4.78 is 4.73. The van der Waals surface area contributed by atoms with Gasteiger partial charge in [-0.25, -0.2) is 9.78 Å². The van der Waals surface area contributed by atoms with Gasteiger partial charge in [0.25, 0.3) is 0 Å². The van der Waals surface area contributed by atoms with Crippen molar-refractivity contribution in [3.63, 3.8) is 0 Å². The molecule has 1 aromatic heterocycles. The molecule has 0 aliphatic heterocycles. The van der Waals surface area contributed by atoms with E-state index in [-0.39, 0.29) is 18.0 Å². The highest BCUT2D eigenvalue weighted by atomic mass is 16.5. The Morgan fingerprint density at radius 3 is 2.68 bits per heavy atom. The van der Waals surface area contributed by atoms with Crippen molar-refractivity contribution in [3.05, 3.63) is 23.4 Å². The van der Waals surface area contributed by atoms with E-state index in [1.807, 2.05) is 13.0 Å². The van der Waals surface area contributed by atoms with Gasteiger partial charge < -0.3 is 15.2 Å². The molecule has 2 N–H and O–H groups in total. The highest BCUT2D eigenvalue weighted by molar-refractivity contribution is 5.90. The fourth-order valence-corrected chi connectivity index (χ4v) is 3.32. The zero-order valence-electron chi connectivity index (χ0n) is 13.5. The fourth-order valence-electron chi connectivity index (χ4n) is 3.32. The summed E-state index contributed by atoms with van der Waals surface area (Å²) >= 11 is 0. The number of pyridine rings is 1. The lowest BCUT2D eigenvalue weighted by molar-refractivity contribution is 0.0599. The third kappa shape index (κ3) is 3.97. The van der Waals surface area contributed by atoms with Crippen LogP contribution in [0.5, 0.6) is 0 Å². The Labute approximate surface area is 132 Å². The normalized spacial score (nSPS) is 17.0. The van der Waals surface area contributed by atoms with Crippen LogP contribution in [0.2, 0.25) is 0 Å². The molecule has 0 spiro atoms. The number of aliphatic hydroxyl groups excluding tert-OH is 1. The second-order valence-electron chi connectivity index (χ2n) is 6.21. The van der Waals surface area contributed by atoms with Crippen LogP contribution in [0.1, 0.15) is 54.6 Å². The van der Waals surface area contributed by atoms with Crippen LogP contribution in [0.15, 0.2) is 12.1 Å². The first-order valence-corrected chi connectivity index (χ1v) is 8.01. The lowest BCUT2D eigenvalue weighted by Crippen LogP contribution is -2.33. The number of nitrogens with one attached hydrogen (secondary N) is 1. The maximum Gasteiger partial charge on any atom is 0.339 e. The number of nitrogens with zero attached hydrogens (tertiary/aromatic N) is 1. The van der Waals surface area contributed by atoms with Gasteiger partial charge >= 0.3 is 5.97 Å². The van der Waals surface area contributed by atoms with E-state index in [1.54, 1.807) is 6.07 Å². The zero-order valence-corrected chi connectivity index (χ0v) is 13.5. The summed E-state index contributed by atoms with van der Waals surface area (Å²) in [4.78, 5) is 16.0. The van der Waals surface area contributed by atoms with E-state index in [0.29, 0.717) is 11.3 Å². The predicted octanol–water partition coefficient (Wildman–Crippen LogP) is 2.92. The third-order valence-corrected chi connectivity index (χ3v) is 4.69. The van der Waals surface area contributed by atoms with Crippen molar-refractivity contribution in [1.82, 2.24) is 4.98 Å². The number of hydrogen-bond donors (Lipinski definition) is 2. The Balaban J connectivity index is 2.03. The van der Waals surface area contributed by atoms with Crippen LogP contribution in [0.3, 0.4) is 0 Å². The summed E-state index contributed by atoms with van der Waals surface area (Å²) in [6, 6.07) is 3.56. The number of esters is 1. The van der Waals surface area contributed by atoms with E-state index in [1.165, 1.54) is 26.4 Å². The van der Waals surface area contributed by atoms with Gasteiger partial charge in [-0.1, -0.05) is 19.3 Å². The number of methoxy groups -OCH3 is 1. The monoisotopic (exact) mass is 306 g/mol. The molecule has 1 saturated carbocycles. The minimum absolute atomic E-state index is 0.170. The lowest BCUT2D eigenvalue weighted by atomic mass is 9.72. The molecule has 0 saturated heterocycles. The first-order chi connectivity index (χ1) is 10.6. The lowest BCUT2D eigenvalue weighted by Gasteiger charge is -2.37. The molecule has 0 amide bonds. The van der Waals surface area contributed by atoms with Gasteiger partial charge in [-0.05, 0) is 43.7 Å². The Morgan fingerprint density at radius 1 is 1.36 bits per heavy atom. The molecule has 1 fully saturated rings. The SMILES string of the molecule is COC(=O)c1ccc(NCC2(CCO)CCCCC2)nc1C. The van der Waals surface area contributed by atoms with E-state index in [2.05, 4.69) is 10.3 Å². The number of aliphatic hydroxyl groups is 1. The number of rotatable bonds is 6. The molecular weight excluding hydrogens is 280 g/mol. The van der Waals surface area contributed by atoms with Crippen LogP contribution < -0.4 is 5.32 Å². The van der Waals surface area contributed by atoms with Crippen LogP contribution in [0.25, 0.3) is 0 Å². The van der Waals surface area contributed by atoms with Crippen molar-refractivity contribution in [3.8, 4) is 0 Å². The fraction of sp³-hybridized carbons (Fsp3) is 0.647. The molecule has 1 aliphatic carbocycles. The molecule has 0 radical (unpaired) electrons. The Kier molecular flexibility index (Phi) is 5.77. The average Bonchev–Trinajstić information content (AvgIpc) is 2.54. The standard InChI is InChI=1S/C17H26N2O3/c1-13-14(16(21)22-2)6-7-15(19-13)18-12-17(10-11-20)8-4-3-5-9-17/h6-7,20H,3-5,8-12H2,1-2H3,(H,18,19). The number of carbonyl (C=O) groups is 1. The molecule has 0 unspecified atom stereocenters. The smallest absolute Gasteiger partial charge is 0.339 e. The summed E-state index contributed by atoms with van der Waals surface area (Å²) in [5, 5.41) is 12.7. The van der Waals surface area contributed by atoms with E-state index >= 15 is 0 Å². The molecule has 0 aromatic carbocycles. The predicted molar refractivity (Wildman–Crippen MR) is 86.0 cm³/mol. The van der Waals surface area contributed by atoms with Crippen LogP contribution >= 0.6 is 0 Å². The first kappa shape index (κ1) is 16.7. The van der Waals surface area contributed by atoms with Crippen LogP contribution in [-0.4, -0.2) is 36.3 Å². The van der Waals surface area contributed by atoms with E-state index in [9.17, 15) is 9.90 Å². The zero-order chi connectivity index (χ0) is 16.0. The van der Waals surface area contributed by atoms with Gasteiger partial charge in [0, 0.05) is 13.2 Å². The highest BCUT2D eigenvalue weighted by Gasteiger charge is 2.31. The van der Waals surface area contributed by atoms with Crippen molar-refractivity contribution in [1.29, 1.82) is 0 Å². The van der Waals surface area contributed by atoms with E-state index in [0.717, 1.165) is 31.6 Å². The van der Waals surface area contributed by atoms with Gasteiger partial charge in [-0.3, -0.25) is 0 Å². The Bertz CT molecular complexity index is 505. The molecule has 1 aromatic rings. The quantitative estimate of drug-likeness (QED) is 0.791. The molecule has 5 heteroatoms. The van der Waals surface area contributed by atoms with Crippen LogP contribution in [-0.2, 0) is 4.74 Å². The van der Waals surface area contributed by atoms with E-state index in [4.69, 9.17) is 4.74 Å². The minimum atomic E-state index is -0.361. The van der Waals surface area contributed by atoms with Crippen molar-refractivity contribution in [2.75, 3.05) is 25.6 Å². The maximum atomic E-state index is 11.6. The third-order valence-electron chi connectivity index (χ3n) is 4.69. The summed E-state index contributed by atoms with van der Waals surface area (Å²) in [6.45, 7) is 2.86. The molecule has 0 atom stereocenters. The van der Waals surface area contributed by atoms with Crippen molar-refractivity contribution in [2.45, 2.75) is 45.4 Å². The molecular formula is C17H26N2O3. The van der Waals surface area contributed by atoms with Crippen molar-refractivity contribution < 1.29 is 14.6 Å². The second-order valence-corrected chi connectivity index (χ2v) is 6.21. The second kappa shape index (κ2) is 7.58. The summed E-state index contributed by atoms with van der Waals surface area (Å²) in [5.74, 6) is 0.411. The van der Waals surface area contributed by atoms with Gasteiger partial charge in [-0.2, -0.15) is 0 Å². The van der Waals surface area contributed by atoms with Gasteiger partial charge in [-0.15, -0.1) is 0 Å². The molecule has 1 aliphatic rings. The largest absolute Gasteiger partial charge is 0.465 e. The summed E-state index contributed by atoms with van der Waals surface area (Å²) in [6.07, 6.45) is 6.89. The van der Waals surface area contributed by atoms with Gasteiger partial charge in [0.15, 0.2) is 0 Å². The maximum absolute atomic E-state index is 11.6. The molecule has 22 heavy (non-hydrogen) atoms. The Morgan fingerprint density at radius 2 is 2.09 bits per heavy atom. The van der Waals surface area contributed by atoms with Crippen molar-refractivity contribution >= 4 is 11.8 Å². The number of carbonyl (C=O) groups excluding carboxylic acids is 1. The first-order valence-electron chi connectivity index (χ1n) is 8.01. The van der Waals surface area contributed by atoms with Crippen LogP contribution in [0, 0.1) is 12.3 Å². The molecule has 0 bridgehead atoms. The van der Waals surface area contributed by atoms with Crippen molar-refractivity contribution in [2.24, 2.45) is 5.41 Å². The topological polar surface area (TPSA) is 71.5 Å². The van der Waals surface area contributed by atoms with Crippen LogP contribution in [0.4, 0.5) is 5.82 Å². The molecule has 5 nitrogen and oxygen atoms in total. The average molecular weight is 306 g/mol. The Hall–Kier alpha value is -1.62. The number of anilines is 1. The van der Waals surface area contributed by atoms with Gasteiger partial charge in [0.1, 0.15) is 5.82 Å². The van der Waals surface area contributed by atoms with Gasteiger partial charge in [0.05, 0.1) is 18.4 Å². The van der Waals surface area contributed by atoms with Gasteiger partial charge in [0.2, 0.25) is 0 Å². The number of aromatic nitrogens is 1.